The van der Waals surface area contributed by atoms with Crippen LogP contribution in [0.5, 0.6) is 0 Å². The van der Waals surface area contributed by atoms with E-state index in [1.165, 1.54) is 0 Å². The van der Waals surface area contributed by atoms with Gasteiger partial charge in [-0.1, -0.05) is 0 Å². The monoisotopic (exact) mass is 343 g/mol. The molecule has 2 aromatic heterocycles. The zero-order chi connectivity index (χ0) is 17.8. The van der Waals surface area contributed by atoms with Crippen LogP contribution in [0.15, 0.2) is 18.6 Å². The van der Waals surface area contributed by atoms with E-state index in [-0.39, 0.29) is 6.09 Å². The van der Waals surface area contributed by atoms with Crippen LogP contribution in [-0.4, -0.2) is 58.2 Å². The molecule has 1 amide bonds. The van der Waals surface area contributed by atoms with Crippen molar-refractivity contribution in [2.75, 3.05) is 31.6 Å². The predicted molar refractivity (Wildman–Crippen MR) is 95.4 cm³/mol. The van der Waals surface area contributed by atoms with Crippen LogP contribution in [-0.2, 0) is 4.74 Å². The van der Waals surface area contributed by atoms with Gasteiger partial charge in [0.2, 0.25) is 0 Å². The van der Waals surface area contributed by atoms with Crippen molar-refractivity contribution in [3.63, 3.8) is 0 Å². The molecule has 2 fully saturated rings. The number of rotatable bonds is 3. The molecule has 1 saturated carbocycles. The third-order valence-corrected chi connectivity index (χ3v) is 5.20. The zero-order valence-corrected chi connectivity index (χ0v) is 15.2. The van der Waals surface area contributed by atoms with E-state index in [1.807, 2.05) is 37.9 Å². The Hall–Kier alpha value is -2.31. The van der Waals surface area contributed by atoms with E-state index in [9.17, 15) is 4.79 Å². The summed E-state index contributed by atoms with van der Waals surface area (Å²) >= 11 is 0. The Morgan fingerprint density at radius 2 is 2.08 bits per heavy atom. The lowest BCUT2D eigenvalue weighted by Gasteiger charge is -2.26. The molecule has 7 heteroatoms. The number of carbonyl (C=O) groups excluding carboxylic acids is 1. The van der Waals surface area contributed by atoms with Gasteiger partial charge in [0.25, 0.3) is 0 Å². The number of nitrogens with one attached hydrogen (secondary N) is 1. The number of ether oxygens (including phenoxy) is 1. The Labute approximate surface area is 147 Å². The number of fused-ring (bicyclic) bond motifs is 2. The molecule has 3 heterocycles. The van der Waals surface area contributed by atoms with E-state index < -0.39 is 5.60 Å². The van der Waals surface area contributed by atoms with E-state index >= 15 is 0 Å². The quantitative estimate of drug-likeness (QED) is 0.927. The molecule has 4 rings (SSSR count). The van der Waals surface area contributed by atoms with Gasteiger partial charge >= 0.3 is 6.09 Å². The van der Waals surface area contributed by atoms with E-state index in [4.69, 9.17) is 4.74 Å². The minimum atomic E-state index is -0.432. The molecule has 134 valence electrons. The molecular weight excluding hydrogens is 318 g/mol. The van der Waals surface area contributed by atoms with Crippen molar-refractivity contribution in [3.8, 4) is 0 Å². The molecule has 3 atom stereocenters. The largest absolute Gasteiger partial charge is 0.444 e. The molecule has 0 aromatic carbocycles. The highest BCUT2D eigenvalue weighted by Crippen LogP contribution is 2.52. The Bertz CT molecular complexity index is 784. The molecule has 1 aliphatic carbocycles. The molecule has 1 aliphatic heterocycles. The maximum absolute atomic E-state index is 12.2. The maximum atomic E-state index is 12.2. The van der Waals surface area contributed by atoms with E-state index in [1.54, 1.807) is 6.33 Å². The van der Waals surface area contributed by atoms with Crippen LogP contribution in [0.2, 0.25) is 0 Å². The minimum Gasteiger partial charge on any atom is -0.444 e. The fourth-order valence-electron chi connectivity index (χ4n) is 3.96. The Kier molecular flexibility index (Phi) is 3.63. The second-order valence-corrected chi connectivity index (χ2v) is 8.19. The van der Waals surface area contributed by atoms with Crippen LogP contribution >= 0.6 is 0 Å². The molecular formula is C18H25N5O2. The average Bonchev–Trinajstić information content (AvgIpc) is 2.97. The number of H-pyrrole nitrogens is 1. The van der Waals surface area contributed by atoms with Gasteiger partial charge in [-0.25, -0.2) is 14.8 Å². The van der Waals surface area contributed by atoms with Crippen molar-refractivity contribution in [1.29, 1.82) is 0 Å². The molecule has 0 radical (unpaired) electrons. The molecule has 1 N–H and O–H groups in total. The fraction of sp³-hybridized carbons (Fsp3) is 0.611. The molecule has 7 nitrogen and oxygen atoms in total. The van der Waals surface area contributed by atoms with Crippen LogP contribution in [0.25, 0.3) is 11.0 Å². The lowest BCUT2D eigenvalue weighted by Crippen LogP contribution is -2.37. The molecule has 1 saturated heterocycles. The molecule has 2 aliphatic rings. The standard InChI is InChI=1S/C18H25N5O2/c1-18(2,3)25-17(24)23-8-13-12(14(13)9-23)7-22(4)16-11-5-6-19-15(11)20-10-21-16/h5-6,10,12-14H,7-9H2,1-4H3,(H,19,20,21)/t12-,13-,14+. The lowest BCUT2D eigenvalue weighted by atomic mass is 10.2. The topological polar surface area (TPSA) is 74.3 Å². The predicted octanol–water partition coefficient (Wildman–Crippen LogP) is 2.51. The average molecular weight is 343 g/mol. The lowest BCUT2D eigenvalue weighted by molar-refractivity contribution is 0.0266. The van der Waals surface area contributed by atoms with Gasteiger partial charge in [-0.15, -0.1) is 0 Å². The van der Waals surface area contributed by atoms with Gasteiger partial charge in [-0.3, -0.25) is 0 Å². The van der Waals surface area contributed by atoms with Gasteiger partial charge in [0.15, 0.2) is 0 Å². The first-order valence-corrected chi connectivity index (χ1v) is 8.80. The Morgan fingerprint density at radius 3 is 2.76 bits per heavy atom. The summed E-state index contributed by atoms with van der Waals surface area (Å²) in [5.41, 5.74) is 0.433. The van der Waals surface area contributed by atoms with Gasteiger partial charge in [-0.2, -0.15) is 0 Å². The van der Waals surface area contributed by atoms with Crippen molar-refractivity contribution < 1.29 is 9.53 Å². The molecule has 0 spiro atoms. The summed E-state index contributed by atoms with van der Waals surface area (Å²) in [5, 5.41) is 1.05. The number of likely N-dealkylation sites (tertiary alicyclic amines) is 1. The number of amides is 1. The van der Waals surface area contributed by atoms with Crippen LogP contribution in [0.1, 0.15) is 20.8 Å². The van der Waals surface area contributed by atoms with Crippen molar-refractivity contribution in [3.05, 3.63) is 18.6 Å². The van der Waals surface area contributed by atoms with Crippen molar-refractivity contribution in [2.24, 2.45) is 17.8 Å². The summed E-state index contributed by atoms with van der Waals surface area (Å²) in [6, 6.07) is 2.01. The van der Waals surface area contributed by atoms with Crippen molar-refractivity contribution >= 4 is 22.9 Å². The smallest absolute Gasteiger partial charge is 0.410 e. The summed E-state index contributed by atoms with van der Waals surface area (Å²) in [6.07, 6.45) is 3.31. The van der Waals surface area contributed by atoms with Crippen LogP contribution < -0.4 is 4.90 Å². The zero-order valence-electron chi connectivity index (χ0n) is 15.2. The summed E-state index contributed by atoms with van der Waals surface area (Å²) in [6.45, 7) is 8.28. The Morgan fingerprint density at radius 1 is 1.36 bits per heavy atom. The maximum Gasteiger partial charge on any atom is 0.410 e. The van der Waals surface area contributed by atoms with E-state index in [2.05, 4.69) is 26.9 Å². The number of piperidine rings is 1. The highest BCUT2D eigenvalue weighted by molar-refractivity contribution is 5.87. The van der Waals surface area contributed by atoms with Gasteiger partial charge in [0.05, 0.1) is 5.39 Å². The number of aromatic nitrogens is 3. The van der Waals surface area contributed by atoms with Crippen molar-refractivity contribution in [2.45, 2.75) is 26.4 Å². The van der Waals surface area contributed by atoms with E-state index in [0.717, 1.165) is 36.5 Å². The van der Waals surface area contributed by atoms with Gasteiger partial charge < -0.3 is 19.5 Å². The van der Waals surface area contributed by atoms with Gasteiger partial charge in [0, 0.05) is 32.9 Å². The molecule has 0 unspecified atom stereocenters. The number of anilines is 1. The molecule has 0 bridgehead atoms. The third kappa shape index (κ3) is 3.03. The summed E-state index contributed by atoms with van der Waals surface area (Å²) < 4.78 is 5.47. The summed E-state index contributed by atoms with van der Waals surface area (Å²) in [7, 11) is 2.08. The second kappa shape index (κ2) is 5.61. The first kappa shape index (κ1) is 16.2. The number of aromatic amines is 1. The second-order valence-electron chi connectivity index (χ2n) is 8.19. The normalized spacial score (nSPS) is 25.1. The van der Waals surface area contributed by atoms with E-state index in [0.29, 0.717) is 17.8 Å². The van der Waals surface area contributed by atoms with Crippen LogP contribution in [0.4, 0.5) is 10.6 Å². The first-order valence-electron chi connectivity index (χ1n) is 8.80. The summed E-state index contributed by atoms with van der Waals surface area (Å²) in [4.78, 5) is 28.0. The minimum absolute atomic E-state index is 0.184. The molecule has 2 aromatic rings. The van der Waals surface area contributed by atoms with Crippen LogP contribution in [0.3, 0.4) is 0 Å². The number of nitrogens with zero attached hydrogens (tertiary/aromatic N) is 4. The SMILES string of the molecule is CN(C[C@H]1[C@@H]2CN(C(=O)OC(C)(C)C)C[C@@H]21)c1ncnc2[nH]ccc12. The highest BCUT2D eigenvalue weighted by Gasteiger charge is 2.57. The van der Waals surface area contributed by atoms with Gasteiger partial charge in [-0.05, 0) is 44.6 Å². The third-order valence-electron chi connectivity index (χ3n) is 5.20. The highest BCUT2D eigenvalue weighted by atomic mass is 16.6. The fourth-order valence-corrected chi connectivity index (χ4v) is 3.96. The number of hydrogen-bond donors (Lipinski definition) is 1. The number of hydrogen-bond acceptors (Lipinski definition) is 5. The first-order chi connectivity index (χ1) is 11.8. The Balaban J connectivity index is 1.35. The van der Waals surface area contributed by atoms with Crippen LogP contribution in [0, 0.1) is 17.8 Å². The molecule has 25 heavy (non-hydrogen) atoms. The van der Waals surface area contributed by atoms with Crippen molar-refractivity contribution in [1.82, 2.24) is 19.9 Å². The van der Waals surface area contributed by atoms with Gasteiger partial charge in [0.1, 0.15) is 23.4 Å². The summed E-state index contributed by atoms with van der Waals surface area (Å²) in [5.74, 6) is 2.74. The number of carbonyl (C=O) groups is 1.